The van der Waals surface area contributed by atoms with Crippen LogP contribution in [0.25, 0.3) is 0 Å². The van der Waals surface area contributed by atoms with Gasteiger partial charge >= 0.3 is 6.18 Å². The highest BCUT2D eigenvalue weighted by Gasteiger charge is 2.30. The number of hydrogen-bond donors (Lipinski definition) is 1. The predicted molar refractivity (Wildman–Crippen MR) is 86.7 cm³/mol. The number of nitrogens with zero attached hydrogens (tertiary/aromatic N) is 2. The van der Waals surface area contributed by atoms with Gasteiger partial charge in [-0.15, -0.1) is 0 Å². The molecule has 6 nitrogen and oxygen atoms in total. The number of carbonyl (C=O) groups is 1. The van der Waals surface area contributed by atoms with Crippen LogP contribution in [0.2, 0.25) is 5.02 Å². The fourth-order valence-corrected chi connectivity index (χ4v) is 2.53. The average Bonchev–Trinajstić information content (AvgIpc) is 2.54. The Balaban J connectivity index is 1.99. The third-order valence-electron chi connectivity index (χ3n) is 2.85. The van der Waals surface area contributed by atoms with Crippen LogP contribution in [-0.2, 0) is 11.0 Å². The summed E-state index contributed by atoms with van der Waals surface area (Å²) < 4.78 is 37.3. The first-order chi connectivity index (χ1) is 11.7. The van der Waals surface area contributed by atoms with Gasteiger partial charge in [-0.25, -0.2) is 4.98 Å². The maximum Gasteiger partial charge on any atom is 0.417 e. The van der Waals surface area contributed by atoms with Crippen LogP contribution in [-0.4, -0.2) is 21.6 Å². The number of rotatable bonds is 5. The first kappa shape index (κ1) is 19.0. The Labute approximate surface area is 148 Å². The Hall–Kier alpha value is -2.33. The van der Waals surface area contributed by atoms with Crippen LogP contribution in [0.3, 0.4) is 0 Å². The van der Waals surface area contributed by atoms with E-state index >= 15 is 0 Å². The Morgan fingerprint density at radius 3 is 2.60 bits per heavy atom. The summed E-state index contributed by atoms with van der Waals surface area (Å²) in [5, 5.41) is 13.7. The van der Waals surface area contributed by atoms with Crippen molar-refractivity contribution in [3.63, 3.8) is 0 Å². The summed E-state index contributed by atoms with van der Waals surface area (Å²) in [6, 6.07) is 5.78. The smallest absolute Gasteiger partial charge is 0.320 e. The minimum Gasteiger partial charge on any atom is -0.320 e. The van der Waals surface area contributed by atoms with Gasteiger partial charge in [0, 0.05) is 17.3 Å². The third-order valence-corrected chi connectivity index (χ3v) is 4.02. The van der Waals surface area contributed by atoms with E-state index in [0.29, 0.717) is 6.20 Å². The lowest BCUT2D eigenvalue weighted by molar-refractivity contribution is -0.383. The first-order valence-corrected chi connectivity index (χ1v) is 7.93. The van der Waals surface area contributed by atoms with E-state index in [4.69, 9.17) is 11.6 Å². The molecule has 0 fully saturated rings. The topological polar surface area (TPSA) is 85.1 Å². The molecule has 25 heavy (non-hydrogen) atoms. The molecule has 2 aromatic rings. The molecule has 0 bridgehead atoms. The van der Waals surface area contributed by atoms with Gasteiger partial charge in [-0.1, -0.05) is 23.4 Å². The normalized spacial score (nSPS) is 11.2. The summed E-state index contributed by atoms with van der Waals surface area (Å²) in [5.74, 6) is -0.755. The molecular formula is C14H9ClF3N3O3S. The molecule has 1 heterocycles. The number of nitro benzene ring substituents is 1. The van der Waals surface area contributed by atoms with Gasteiger partial charge in [0.1, 0.15) is 5.69 Å². The van der Waals surface area contributed by atoms with E-state index < -0.39 is 22.6 Å². The Morgan fingerprint density at radius 2 is 2.04 bits per heavy atom. The van der Waals surface area contributed by atoms with Gasteiger partial charge in [-0.2, -0.15) is 13.2 Å². The number of halogens is 4. The number of hydrogen-bond acceptors (Lipinski definition) is 5. The lowest BCUT2D eigenvalue weighted by Crippen LogP contribution is -2.15. The molecule has 1 aromatic heterocycles. The zero-order valence-corrected chi connectivity index (χ0v) is 13.8. The van der Waals surface area contributed by atoms with Crippen molar-refractivity contribution in [2.75, 3.05) is 11.1 Å². The van der Waals surface area contributed by atoms with E-state index in [2.05, 4.69) is 10.3 Å². The van der Waals surface area contributed by atoms with Gasteiger partial charge in [-0.05, 0) is 24.3 Å². The van der Waals surface area contributed by atoms with Crippen LogP contribution >= 0.6 is 23.4 Å². The molecule has 132 valence electrons. The average molecular weight is 392 g/mol. The number of anilines is 1. The SMILES string of the molecule is O=C(CSc1ccc(C(F)(F)F)cn1)Nc1ccc(Cl)cc1[N+](=O)[O-]. The predicted octanol–water partition coefficient (Wildman–Crippen LogP) is 4.39. The highest BCUT2D eigenvalue weighted by Crippen LogP contribution is 2.30. The van der Waals surface area contributed by atoms with Crippen molar-refractivity contribution in [2.24, 2.45) is 0 Å². The fraction of sp³-hybridized carbons (Fsp3) is 0.143. The molecule has 0 aliphatic rings. The van der Waals surface area contributed by atoms with Crippen molar-refractivity contribution >= 4 is 40.6 Å². The van der Waals surface area contributed by atoms with Crippen LogP contribution in [0.4, 0.5) is 24.5 Å². The van der Waals surface area contributed by atoms with E-state index in [0.717, 1.165) is 30.0 Å². The number of thioether (sulfide) groups is 1. The van der Waals surface area contributed by atoms with Gasteiger partial charge in [0.05, 0.1) is 21.3 Å². The number of aromatic nitrogens is 1. The molecule has 0 saturated heterocycles. The van der Waals surface area contributed by atoms with E-state index in [1.807, 2.05) is 0 Å². The molecule has 1 aromatic carbocycles. The van der Waals surface area contributed by atoms with Gasteiger partial charge in [0.2, 0.25) is 5.91 Å². The van der Waals surface area contributed by atoms with Crippen LogP contribution in [0.15, 0.2) is 41.6 Å². The molecule has 2 rings (SSSR count). The second-order valence-electron chi connectivity index (χ2n) is 4.64. The number of nitro groups is 1. The van der Waals surface area contributed by atoms with Gasteiger partial charge in [-0.3, -0.25) is 14.9 Å². The van der Waals surface area contributed by atoms with Crippen molar-refractivity contribution in [1.29, 1.82) is 0 Å². The number of nitrogens with one attached hydrogen (secondary N) is 1. The zero-order valence-electron chi connectivity index (χ0n) is 12.2. The summed E-state index contributed by atoms with van der Waals surface area (Å²) in [5.41, 5.74) is -1.28. The molecule has 0 saturated carbocycles. The van der Waals surface area contributed by atoms with Crippen molar-refractivity contribution < 1.29 is 22.9 Å². The van der Waals surface area contributed by atoms with Gasteiger partial charge in [0.25, 0.3) is 5.69 Å². The molecule has 0 aliphatic heterocycles. The van der Waals surface area contributed by atoms with E-state index in [-0.39, 0.29) is 27.2 Å². The van der Waals surface area contributed by atoms with Gasteiger partial charge < -0.3 is 5.32 Å². The summed E-state index contributed by atoms with van der Waals surface area (Å²) in [7, 11) is 0. The number of alkyl halides is 3. The Kier molecular flexibility index (Phi) is 5.85. The summed E-state index contributed by atoms with van der Waals surface area (Å²) in [6.45, 7) is 0. The molecule has 0 spiro atoms. The summed E-state index contributed by atoms with van der Waals surface area (Å²) in [6.07, 6.45) is -3.81. The van der Waals surface area contributed by atoms with Crippen molar-refractivity contribution in [2.45, 2.75) is 11.2 Å². The zero-order chi connectivity index (χ0) is 18.6. The molecular weight excluding hydrogens is 383 g/mol. The van der Waals surface area contributed by atoms with Crippen LogP contribution in [0.5, 0.6) is 0 Å². The summed E-state index contributed by atoms with van der Waals surface area (Å²) >= 11 is 6.57. The maximum atomic E-state index is 12.4. The van der Waals surface area contributed by atoms with Crippen LogP contribution in [0.1, 0.15) is 5.56 Å². The molecule has 11 heteroatoms. The largest absolute Gasteiger partial charge is 0.417 e. The number of pyridine rings is 1. The first-order valence-electron chi connectivity index (χ1n) is 6.56. The Bertz CT molecular complexity index is 800. The molecule has 1 N–H and O–H groups in total. The highest BCUT2D eigenvalue weighted by atomic mass is 35.5. The van der Waals surface area contributed by atoms with Gasteiger partial charge in [0.15, 0.2) is 0 Å². The molecule has 0 atom stereocenters. The van der Waals surface area contributed by atoms with Crippen LogP contribution in [0, 0.1) is 10.1 Å². The molecule has 0 aliphatic carbocycles. The van der Waals surface area contributed by atoms with E-state index in [1.54, 1.807) is 0 Å². The molecule has 0 radical (unpaired) electrons. The second kappa shape index (κ2) is 7.70. The van der Waals surface area contributed by atoms with E-state index in [9.17, 15) is 28.1 Å². The second-order valence-corrected chi connectivity index (χ2v) is 6.07. The standard InChI is InChI=1S/C14H9ClF3N3O3S/c15-9-2-3-10(11(5-9)21(23)24)20-12(22)7-25-13-4-1-8(6-19-13)14(16,17)18/h1-6H,7H2,(H,20,22). The van der Waals surface area contributed by atoms with Crippen molar-refractivity contribution in [3.8, 4) is 0 Å². The molecule has 0 unspecified atom stereocenters. The van der Waals surface area contributed by atoms with E-state index in [1.165, 1.54) is 12.1 Å². The Morgan fingerprint density at radius 1 is 1.32 bits per heavy atom. The lowest BCUT2D eigenvalue weighted by atomic mass is 10.2. The lowest BCUT2D eigenvalue weighted by Gasteiger charge is -2.07. The van der Waals surface area contributed by atoms with Crippen molar-refractivity contribution in [1.82, 2.24) is 4.98 Å². The van der Waals surface area contributed by atoms with Crippen molar-refractivity contribution in [3.05, 3.63) is 57.2 Å². The molecule has 1 amide bonds. The minimum absolute atomic E-state index is 0.0274. The monoisotopic (exact) mass is 391 g/mol. The number of benzene rings is 1. The van der Waals surface area contributed by atoms with Crippen LogP contribution < -0.4 is 5.32 Å². The highest BCUT2D eigenvalue weighted by molar-refractivity contribution is 7.99. The summed E-state index contributed by atoms with van der Waals surface area (Å²) in [4.78, 5) is 25.7. The fourth-order valence-electron chi connectivity index (χ4n) is 1.72. The quantitative estimate of drug-likeness (QED) is 0.464. The number of amides is 1. The maximum absolute atomic E-state index is 12.4. The minimum atomic E-state index is -4.49. The third kappa shape index (κ3) is 5.33. The number of carbonyl (C=O) groups excluding carboxylic acids is 1.